The first-order chi connectivity index (χ1) is 10.8. The van der Waals surface area contributed by atoms with Crippen molar-refractivity contribution in [3.05, 3.63) is 34.9 Å². The third-order valence-corrected chi connectivity index (χ3v) is 7.36. The molecule has 140 valence electrons. The van der Waals surface area contributed by atoms with Gasteiger partial charge in [0, 0.05) is 0 Å². The normalized spacial score (nSPS) is 14.2. The maximum atomic E-state index is 11.2. The fourth-order valence-corrected chi connectivity index (χ4v) is 4.44. The molecule has 0 amide bonds. The molecule has 0 aromatic heterocycles. The fraction of sp³-hybridized carbons (Fsp3) is 0.625. The molecule has 8 heteroatoms. The van der Waals surface area contributed by atoms with Gasteiger partial charge in [0.25, 0.3) is 0 Å². The van der Waals surface area contributed by atoms with Gasteiger partial charge in [-0.1, -0.05) is 34.9 Å². The molecule has 0 rings (SSSR count). The molecular formula is C16H30O6P2. The van der Waals surface area contributed by atoms with Gasteiger partial charge < -0.3 is 19.6 Å². The minimum Gasteiger partial charge on any atom is -0.324 e. The van der Waals surface area contributed by atoms with Crippen LogP contribution in [0.5, 0.6) is 0 Å². The summed E-state index contributed by atoms with van der Waals surface area (Å²) < 4.78 is 22.4. The van der Waals surface area contributed by atoms with E-state index in [4.69, 9.17) is 19.6 Å². The monoisotopic (exact) mass is 380 g/mol. The lowest BCUT2D eigenvalue weighted by Gasteiger charge is -2.18. The van der Waals surface area contributed by atoms with Gasteiger partial charge in [-0.2, -0.15) is 0 Å². The van der Waals surface area contributed by atoms with Crippen molar-refractivity contribution in [1.29, 1.82) is 0 Å². The molecule has 0 radical (unpaired) electrons. The summed E-state index contributed by atoms with van der Waals surface area (Å²) in [5.41, 5.74) is 3.44. The van der Waals surface area contributed by atoms with E-state index in [1.165, 1.54) is 17.2 Å². The Morgan fingerprint density at radius 1 is 0.792 bits per heavy atom. The minimum atomic E-state index is -4.84. The lowest BCUT2D eigenvalue weighted by Crippen LogP contribution is -2.08. The molecule has 0 aromatic carbocycles. The summed E-state index contributed by atoms with van der Waals surface area (Å²) in [5.74, 6) is 0. The van der Waals surface area contributed by atoms with E-state index in [-0.39, 0.29) is 6.42 Å². The summed E-state index contributed by atoms with van der Waals surface area (Å²) >= 11 is 0. The van der Waals surface area contributed by atoms with E-state index < -0.39 is 20.6 Å². The summed E-state index contributed by atoms with van der Waals surface area (Å²) in [4.78, 5) is 36.3. The van der Waals surface area contributed by atoms with Crippen molar-refractivity contribution < 1.29 is 28.7 Å². The third kappa shape index (κ3) is 11.1. The Kier molecular flexibility index (Phi) is 10.3. The zero-order chi connectivity index (χ0) is 19.0. The van der Waals surface area contributed by atoms with E-state index in [0.717, 1.165) is 24.8 Å². The van der Waals surface area contributed by atoms with Crippen molar-refractivity contribution >= 4 is 15.2 Å². The molecule has 0 atom stereocenters. The molecule has 0 bridgehead atoms. The SMILES string of the molecule is CC(C)=CCCC(C)=CCCC(C)=CCC(P(=O)(O)O)P(=O)(O)O. The summed E-state index contributed by atoms with van der Waals surface area (Å²) in [6.07, 6.45) is 8.97. The number of hydrogen-bond donors (Lipinski definition) is 4. The average Bonchev–Trinajstić information content (AvgIpc) is 2.34. The second-order valence-electron chi connectivity index (χ2n) is 6.35. The summed E-state index contributed by atoms with van der Waals surface area (Å²) in [6.45, 7) is 7.99. The Balaban J connectivity index is 4.53. The van der Waals surface area contributed by atoms with E-state index in [0.29, 0.717) is 6.42 Å². The molecular weight excluding hydrogens is 350 g/mol. The lowest BCUT2D eigenvalue weighted by atomic mass is 10.1. The Morgan fingerprint density at radius 2 is 1.21 bits per heavy atom. The van der Waals surface area contributed by atoms with Gasteiger partial charge >= 0.3 is 15.2 Å². The molecule has 0 saturated carbocycles. The maximum Gasteiger partial charge on any atom is 0.341 e. The highest BCUT2D eigenvalue weighted by Crippen LogP contribution is 2.61. The number of hydrogen-bond acceptors (Lipinski definition) is 2. The van der Waals surface area contributed by atoms with E-state index in [1.54, 1.807) is 6.92 Å². The quantitative estimate of drug-likeness (QED) is 0.328. The van der Waals surface area contributed by atoms with Crippen LogP contribution in [0.3, 0.4) is 0 Å². The van der Waals surface area contributed by atoms with Crippen LogP contribution in [-0.4, -0.2) is 25.0 Å². The molecule has 0 aromatic rings. The van der Waals surface area contributed by atoms with Gasteiger partial charge in [-0.15, -0.1) is 0 Å². The molecule has 0 saturated heterocycles. The van der Waals surface area contributed by atoms with Crippen LogP contribution in [0.1, 0.15) is 59.8 Å². The van der Waals surface area contributed by atoms with Crippen LogP contribution in [0.15, 0.2) is 34.9 Å². The van der Waals surface area contributed by atoms with Crippen molar-refractivity contribution in [1.82, 2.24) is 0 Å². The zero-order valence-electron chi connectivity index (χ0n) is 14.8. The van der Waals surface area contributed by atoms with Gasteiger partial charge in [-0.05, 0) is 59.8 Å². The smallest absolute Gasteiger partial charge is 0.324 e. The highest BCUT2D eigenvalue weighted by Gasteiger charge is 2.42. The van der Waals surface area contributed by atoms with Crippen LogP contribution in [0, 0.1) is 0 Å². The lowest BCUT2D eigenvalue weighted by molar-refractivity contribution is 0.338. The van der Waals surface area contributed by atoms with Gasteiger partial charge in [-0.3, -0.25) is 9.13 Å². The largest absolute Gasteiger partial charge is 0.341 e. The molecule has 0 aliphatic heterocycles. The predicted octanol–water partition coefficient (Wildman–Crippen LogP) is 4.48. The molecule has 0 aliphatic rings. The molecule has 0 spiro atoms. The van der Waals surface area contributed by atoms with Crippen molar-refractivity contribution in [3.8, 4) is 0 Å². The van der Waals surface area contributed by atoms with Gasteiger partial charge in [0.05, 0.1) is 0 Å². The number of allylic oxidation sites excluding steroid dienone is 6. The Bertz CT molecular complexity index is 553. The topological polar surface area (TPSA) is 115 Å². The molecule has 0 heterocycles. The van der Waals surface area contributed by atoms with Gasteiger partial charge in [0.1, 0.15) is 0 Å². The highest BCUT2D eigenvalue weighted by molar-refractivity contribution is 7.70. The van der Waals surface area contributed by atoms with Crippen molar-refractivity contribution in [2.45, 2.75) is 65.2 Å². The van der Waals surface area contributed by atoms with E-state index in [1.807, 2.05) is 0 Å². The number of rotatable bonds is 10. The molecule has 0 fully saturated rings. The van der Waals surface area contributed by atoms with Crippen LogP contribution < -0.4 is 0 Å². The predicted molar refractivity (Wildman–Crippen MR) is 97.9 cm³/mol. The molecule has 24 heavy (non-hydrogen) atoms. The first-order valence-electron chi connectivity index (χ1n) is 7.89. The van der Waals surface area contributed by atoms with Gasteiger partial charge in [-0.25, -0.2) is 0 Å². The van der Waals surface area contributed by atoms with E-state index >= 15 is 0 Å². The third-order valence-electron chi connectivity index (χ3n) is 3.58. The minimum absolute atomic E-state index is 0.330. The zero-order valence-corrected chi connectivity index (χ0v) is 16.6. The van der Waals surface area contributed by atoms with Crippen LogP contribution >= 0.6 is 15.2 Å². The van der Waals surface area contributed by atoms with Crippen LogP contribution in [0.2, 0.25) is 0 Å². The first-order valence-corrected chi connectivity index (χ1v) is 11.3. The Labute approximate surface area is 144 Å². The Morgan fingerprint density at radius 3 is 1.62 bits per heavy atom. The highest BCUT2D eigenvalue weighted by atomic mass is 31.2. The average molecular weight is 380 g/mol. The van der Waals surface area contributed by atoms with Crippen molar-refractivity contribution in [2.75, 3.05) is 0 Å². The molecule has 4 N–H and O–H groups in total. The van der Waals surface area contributed by atoms with Crippen LogP contribution in [0.25, 0.3) is 0 Å². The summed E-state index contributed by atoms with van der Waals surface area (Å²) in [7, 11) is -9.68. The Hall–Kier alpha value is -0.480. The summed E-state index contributed by atoms with van der Waals surface area (Å²) in [6, 6.07) is 0. The van der Waals surface area contributed by atoms with Crippen molar-refractivity contribution in [2.24, 2.45) is 0 Å². The van der Waals surface area contributed by atoms with Gasteiger partial charge in [0.15, 0.2) is 5.40 Å². The maximum absolute atomic E-state index is 11.2. The second-order valence-corrected chi connectivity index (χ2v) is 10.4. The standard InChI is InChI=1S/C16H30O6P2/c1-13(2)7-5-8-14(3)9-6-10-15(4)11-12-16(23(17,18)19)24(20,21)22/h7,9,11,16H,5-6,8,10,12H2,1-4H3,(H2,17,18,19)(H2,20,21,22). The summed E-state index contributed by atoms with van der Waals surface area (Å²) in [5, 5.41) is -1.96. The fourth-order valence-electron chi connectivity index (χ4n) is 2.12. The molecule has 0 aliphatic carbocycles. The molecule has 0 unspecified atom stereocenters. The van der Waals surface area contributed by atoms with Gasteiger partial charge in [0.2, 0.25) is 0 Å². The first kappa shape index (κ1) is 23.5. The van der Waals surface area contributed by atoms with Crippen LogP contribution in [-0.2, 0) is 9.13 Å². The second kappa shape index (κ2) is 10.5. The van der Waals surface area contributed by atoms with Crippen molar-refractivity contribution in [3.63, 3.8) is 0 Å². The van der Waals surface area contributed by atoms with Crippen LogP contribution in [0.4, 0.5) is 0 Å². The van der Waals surface area contributed by atoms with E-state index in [2.05, 4.69) is 32.9 Å². The molecule has 6 nitrogen and oxygen atoms in total. The van der Waals surface area contributed by atoms with E-state index in [9.17, 15) is 9.13 Å².